The summed E-state index contributed by atoms with van der Waals surface area (Å²) in [5, 5.41) is 12.3. The minimum Gasteiger partial charge on any atom is -0.469 e. The molecule has 0 saturated carbocycles. The number of hydrogen-bond acceptors (Lipinski definition) is 5. The molecule has 2 aromatic heterocycles. The minimum atomic E-state index is -0.0217. The molecule has 2 heterocycles. The molecule has 1 unspecified atom stereocenters. The summed E-state index contributed by atoms with van der Waals surface area (Å²) in [4.78, 5) is 12.5. The van der Waals surface area contributed by atoms with Crippen LogP contribution < -0.4 is 5.32 Å². The molecule has 1 N–H and O–H groups in total. The normalized spacial score (nSPS) is 12.3. The summed E-state index contributed by atoms with van der Waals surface area (Å²) < 4.78 is 7.22. The van der Waals surface area contributed by atoms with Crippen LogP contribution in [0.4, 0.5) is 0 Å². The third-order valence-corrected chi connectivity index (χ3v) is 5.43. The zero-order chi connectivity index (χ0) is 19.4. The summed E-state index contributed by atoms with van der Waals surface area (Å²) in [6.45, 7) is 6.10. The molecule has 1 aromatic carbocycles. The van der Waals surface area contributed by atoms with Crippen molar-refractivity contribution >= 4 is 17.7 Å². The quantitative estimate of drug-likeness (QED) is 0.624. The van der Waals surface area contributed by atoms with E-state index in [-0.39, 0.29) is 17.7 Å². The van der Waals surface area contributed by atoms with E-state index in [1.807, 2.05) is 54.9 Å². The molecule has 0 spiro atoms. The lowest BCUT2D eigenvalue weighted by Crippen LogP contribution is -2.33. The molecule has 6 nitrogen and oxygen atoms in total. The second-order valence-corrected chi connectivity index (χ2v) is 7.69. The fraction of sp³-hybridized carbons (Fsp3) is 0.350. The molecule has 27 heavy (non-hydrogen) atoms. The van der Waals surface area contributed by atoms with E-state index in [1.54, 1.807) is 6.26 Å². The molecule has 3 rings (SSSR count). The van der Waals surface area contributed by atoms with Crippen molar-refractivity contribution in [2.45, 2.75) is 32.0 Å². The first-order valence-electron chi connectivity index (χ1n) is 8.88. The molecule has 142 valence electrons. The Hall–Kier alpha value is -2.54. The number of nitrogens with zero attached hydrogens (tertiary/aromatic N) is 3. The Morgan fingerprint density at radius 3 is 2.59 bits per heavy atom. The maximum absolute atomic E-state index is 12.5. The van der Waals surface area contributed by atoms with Crippen LogP contribution in [0.5, 0.6) is 0 Å². The van der Waals surface area contributed by atoms with Gasteiger partial charge in [0.05, 0.1) is 23.6 Å². The van der Waals surface area contributed by atoms with Gasteiger partial charge < -0.3 is 14.3 Å². The molecule has 0 aliphatic rings. The third kappa shape index (κ3) is 4.42. The number of carbonyl (C=O) groups excluding carboxylic acids is 1. The molecule has 0 aliphatic heterocycles. The highest BCUT2D eigenvalue weighted by atomic mass is 32.2. The number of aromatic nitrogens is 3. The summed E-state index contributed by atoms with van der Waals surface area (Å²) in [5.41, 5.74) is 2.02. The molecule has 0 bridgehead atoms. The fourth-order valence-corrected chi connectivity index (χ4v) is 3.65. The van der Waals surface area contributed by atoms with Gasteiger partial charge in [-0.25, -0.2) is 0 Å². The second kappa shape index (κ2) is 8.43. The Kier molecular flexibility index (Phi) is 6.01. The molecular formula is C20H24N4O2S. The molecule has 1 atom stereocenters. The van der Waals surface area contributed by atoms with Crippen LogP contribution in [0, 0.1) is 12.8 Å². The van der Waals surface area contributed by atoms with Gasteiger partial charge in [-0.1, -0.05) is 55.9 Å². The first-order valence-corrected chi connectivity index (χ1v) is 9.87. The number of nitrogens with one attached hydrogen (secondary N) is 1. The number of thioether (sulfide) groups is 1. The molecule has 0 saturated heterocycles. The van der Waals surface area contributed by atoms with Crippen molar-refractivity contribution < 1.29 is 9.21 Å². The molecule has 3 aromatic rings. The lowest BCUT2D eigenvalue weighted by Gasteiger charge is -2.22. The van der Waals surface area contributed by atoms with Gasteiger partial charge in [0, 0.05) is 7.05 Å². The summed E-state index contributed by atoms with van der Waals surface area (Å²) in [5.74, 6) is 2.08. The molecule has 0 radical (unpaired) electrons. The van der Waals surface area contributed by atoms with Gasteiger partial charge in [-0.05, 0) is 24.5 Å². The van der Waals surface area contributed by atoms with Crippen molar-refractivity contribution in [3.05, 3.63) is 54.0 Å². The third-order valence-electron chi connectivity index (χ3n) is 4.41. The van der Waals surface area contributed by atoms with E-state index >= 15 is 0 Å². The van der Waals surface area contributed by atoms with Gasteiger partial charge >= 0.3 is 0 Å². The van der Waals surface area contributed by atoms with Crippen LogP contribution in [-0.2, 0) is 11.8 Å². The van der Waals surface area contributed by atoms with Crippen molar-refractivity contribution in [2.24, 2.45) is 13.0 Å². The lowest BCUT2D eigenvalue weighted by atomic mass is 9.96. The van der Waals surface area contributed by atoms with Gasteiger partial charge in [-0.2, -0.15) is 0 Å². The first kappa shape index (κ1) is 19.2. The highest BCUT2D eigenvalue weighted by Gasteiger charge is 2.20. The van der Waals surface area contributed by atoms with Gasteiger partial charge in [0.2, 0.25) is 5.91 Å². The smallest absolute Gasteiger partial charge is 0.230 e. The maximum Gasteiger partial charge on any atom is 0.230 e. The highest BCUT2D eigenvalue weighted by Crippen LogP contribution is 2.26. The van der Waals surface area contributed by atoms with E-state index in [2.05, 4.69) is 29.4 Å². The van der Waals surface area contributed by atoms with E-state index < -0.39 is 0 Å². The van der Waals surface area contributed by atoms with Crippen LogP contribution in [0.3, 0.4) is 0 Å². The SMILES string of the molecule is Cc1occc1-c1nnc(SCC(=O)NC(c2ccccc2)C(C)C)n1C. The number of hydrogen-bond donors (Lipinski definition) is 1. The standard InChI is InChI=1S/C20H24N4O2S/c1-13(2)18(15-8-6-5-7-9-15)21-17(25)12-27-20-23-22-19(24(20)4)16-10-11-26-14(16)3/h5-11,13,18H,12H2,1-4H3,(H,21,25). The molecule has 7 heteroatoms. The van der Waals surface area contributed by atoms with Gasteiger partial charge in [0.15, 0.2) is 11.0 Å². The fourth-order valence-electron chi connectivity index (χ4n) is 2.93. The molecule has 0 aliphatic carbocycles. The van der Waals surface area contributed by atoms with Gasteiger partial charge in [-0.15, -0.1) is 10.2 Å². The maximum atomic E-state index is 12.5. The second-order valence-electron chi connectivity index (χ2n) is 6.74. The predicted octanol–water partition coefficient (Wildman–Crippen LogP) is 3.99. The van der Waals surface area contributed by atoms with Crippen LogP contribution >= 0.6 is 11.8 Å². The monoisotopic (exact) mass is 384 g/mol. The number of amides is 1. The summed E-state index contributed by atoms with van der Waals surface area (Å²) in [6, 6.07) is 11.9. The topological polar surface area (TPSA) is 72.9 Å². The van der Waals surface area contributed by atoms with Crippen molar-refractivity contribution in [1.29, 1.82) is 0 Å². The predicted molar refractivity (Wildman–Crippen MR) is 106 cm³/mol. The largest absolute Gasteiger partial charge is 0.469 e. The number of aryl methyl sites for hydroxylation is 1. The van der Waals surface area contributed by atoms with E-state index in [4.69, 9.17) is 4.42 Å². The van der Waals surface area contributed by atoms with Crippen molar-refractivity contribution in [2.75, 3.05) is 5.75 Å². The van der Waals surface area contributed by atoms with Crippen LogP contribution in [0.2, 0.25) is 0 Å². The van der Waals surface area contributed by atoms with Crippen LogP contribution in [-0.4, -0.2) is 26.4 Å². The van der Waals surface area contributed by atoms with Crippen LogP contribution in [0.15, 0.2) is 52.2 Å². The average molecular weight is 385 g/mol. The molecular weight excluding hydrogens is 360 g/mol. The Morgan fingerprint density at radius 2 is 1.96 bits per heavy atom. The summed E-state index contributed by atoms with van der Waals surface area (Å²) in [7, 11) is 1.89. The molecule has 0 fully saturated rings. The Morgan fingerprint density at radius 1 is 1.22 bits per heavy atom. The Bertz CT molecular complexity index is 902. The molecule has 1 amide bonds. The van der Waals surface area contributed by atoms with E-state index in [0.29, 0.717) is 11.1 Å². The van der Waals surface area contributed by atoms with Gasteiger partial charge in [0.25, 0.3) is 0 Å². The van der Waals surface area contributed by atoms with Crippen LogP contribution in [0.25, 0.3) is 11.4 Å². The van der Waals surface area contributed by atoms with Crippen molar-refractivity contribution in [3.63, 3.8) is 0 Å². The zero-order valence-corrected chi connectivity index (χ0v) is 16.8. The van der Waals surface area contributed by atoms with Crippen LogP contribution in [0.1, 0.15) is 31.2 Å². The number of furan rings is 1. The van der Waals surface area contributed by atoms with Crippen molar-refractivity contribution in [1.82, 2.24) is 20.1 Å². The van der Waals surface area contributed by atoms with E-state index in [1.165, 1.54) is 11.8 Å². The summed E-state index contributed by atoms with van der Waals surface area (Å²) in [6.07, 6.45) is 1.63. The van der Waals surface area contributed by atoms with E-state index in [0.717, 1.165) is 22.7 Å². The van der Waals surface area contributed by atoms with Crippen molar-refractivity contribution in [3.8, 4) is 11.4 Å². The minimum absolute atomic E-state index is 0.0112. The Balaban J connectivity index is 1.64. The van der Waals surface area contributed by atoms with Gasteiger partial charge in [0.1, 0.15) is 5.76 Å². The Labute approximate surface area is 163 Å². The lowest BCUT2D eigenvalue weighted by molar-refractivity contribution is -0.119. The zero-order valence-electron chi connectivity index (χ0n) is 16.0. The number of benzene rings is 1. The highest BCUT2D eigenvalue weighted by molar-refractivity contribution is 7.99. The summed E-state index contributed by atoms with van der Waals surface area (Å²) >= 11 is 1.37. The first-order chi connectivity index (χ1) is 13.0. The number of carbonyl (C=O) groups is 1. The van der Waals surface area contributed by atoms with Gasteiger partial charge in [-0.3, -0.25) is 4.79 Å². The van der Waals surface area contributed by atoms with E-state index in [9.17, 15) is 4.79 Å². The number of rotatable bonds is 7. The average Bonchev–Trinajstić information content (AvgIpc) is 3.23.